The van der Waals surface area contributed by atoms with Crippen LogP contribution in [0, 0.1) is 19.8 Å². The van der Waals surface area contributed by atoms with Crippen molar-refractivity contribution in [1.82, 2.24) is 4.90 Å². The van der Waals surface area contributed by atoms with Gasteiger partial charge in [-0.15, -0.1) is 12.4 Å². The molecule has 1 aromatic carbocycles. The normalized spacial score (nSPS) is 19.0. The van der Waals surface area contributed by atoms with Crippen LogP contribution in [0.15, 0.2) is 18.2 Å². The van der Waals surface area contributed by atoms with Gasteiger partial charge in [0, 0.05) is 19.1 Å². The summed E-state index contributed by atoms with van der Waals surface area (Å²) in [6, 6.07) is 6.18. The Kier molecular flexibility index (Phi) is 7.86. The van der Waals surface area contributed by atoms with Gasteiger partial charge in [0.25, 0.3) is 0 Å². The molecule has 4 nitrogen and oxygen atoms in total. The molecular formula is C18H29ClN2O2. The molecule has 1 heterocycles. The third kappa shape index (κ3) is 5.70. The summed E-state index contributed by atoms with van der Waals surface area (Å²) in [5, 5.41) is 0. The number of hydrogen-bond acceptors (Lipinski definition) is 3. The number of ether oxygens (including phenoxy) is 1. The Labute approximate surface area is 145 Å². The molecule has 2 N–H and O–H groups in total. The maximum Gasteiger partial charge on any atom is 0.226 e. The molecule has 0 saturated carbocycles. The number of aryl methyl sites for hydroxylation is 2. The van der Waals surface area contributed by atoms with E-state index in [1.54, 1.807) is 0 Å². The standard InChI is InChI=1S/C18H28N2O2.ClH/c1-13-6-7-17(11-14(13)2)22-10-8-18(21)20-9-4-5-16(12-20)15(3)19;/h6-7,11,15-16H,4-5,8-10,12,19H2,1-3H3;1H. The van der Waals surface area contributed by atoms with E-state index in [0.717, 1.165) is 31.7 Å². The van der Waals surface area contributed by atoms with E-state index in [0.29, 0.717) is 18.9 Å². The molecule has 1 fully saturated rings. The Morgan fingerprint density at radius 1 is 1.39 bits per heavy atom. The SMILES string of the molecule is Cc1ccc(OCCC(=O)N2CCCC(C(C)N)C2)cc1C.Cl. The zero-order chi connectivity index (χ0) is 16.1. The molecule has 0 spiro atoms. The molecule has 23 heavy (non-hydrogen) atoms. The smallest absolute Gasteiger partial charge is 0.226 e. The number of nitrogens with zero attached hydrogens (tertiary/aromatic N) is 1. The van der Waals surface area contributed by atoms with E-state index in [1.807, 2.05) is 30.0 Å². The Balaban J connectivity index is 0.00000264. The molecule has 0 bridgehead atoms. The van der Waals surface area contributed by atoms with E-state index < -0.39 is 0 Å². The lowest BCUT2D eigenvalue weighted by Gasteiger charge is -2.34. The van der Waals surface area contributed by atoms with Crippen LogP contribution >= 0.6 is 12.4 Å². The molecular weight excluding hydrogens is 312 g/mol. The Bertz CT molecular complexity index is 520. The van der Waals surface area contributed by atoms with Crippen LogP contribution in [0.5, 0.6) is 5.75 Å². The highest BCUT2D eigenvalue weighted by atomic mass is 35.5. The van der Waals surface area contributed by atoms with Crippen LogP contribution in [0.25, 0.3) is 0 Å². The van der Waals surface area contributed by atoms with E-state index in [4.69, 9.17) is 10.5 Å². The second-order valence-corrected chi connectivity index (χ2v) is 6.45. The van der Waals surface area contributed by atoms with E-state index in [-0.39, 0.29) is 24.4 Å². The fourth-order valence-electron chi connectivity index (χ4n) is 2.88. The first-order chi connectivity index (χ1) is 10.5. The summed E-state index contributed by atoms with van der Waals surface area (Å²) in [6.45, 7) is 8.25. The summed E-state index contributed by atoms with van der Waals surface area (Å²) in [5.74, 6) is 1.44. The number of hydrogen-bond donors (Lipinski definition) is 1. The fraction of sp³-hybridized carbons (Fsp3) is 0.611. The van der Waals surface area contributed by atoms with Gasteiger partial charge in [-0.1, -0.05) is 6.07 Å². The Morgan fingerprint density at radius 3 is 2.78 bits per heavy atom. The number of amides is 1. The molecule has 0 radical (unpaired) electrons. The van der Waals surface area contributed by atoms with Crippen molar-refractivity contribution in [2.45, 2.75) is 46.1 Å². The minimum Gasteiger partial charge on any atom is -0.493 e. The lowest BCUT2D eigenvalue weighted by molar-refractivity contribution is -0.133. The van der Waals surface area contributed by atoms with Crippen LogP contribution in [0.4, 0.5) is 0 Å². The monoisotopic (exact) mass is 340 g/mol. The molecule has 2 rings (SSSR count). The molecule has 0 aromatic heterocycles. The number of carbonyl (C=O) groups excluding carboxylic acids is 1. The summed E-state index contributed by atoms with van der Waals surface area (Å²) in [6.07, 6.45) is 2.61. The van der Waals surface area contributed by atoms with Crippen molar-refractivity contribution in [3.05, 3.63) is 29.3 Å². The second kappa shape index (κ2) is 9.14. The van der Waals surface area contributed by atoms with Crippen LogP contribution in [-0.4, -0.2) is 36.5 Å². The third-order valence-electron chi connectivity index (χ3n) is 4.62. The molecule has 1 aliphatic heterocycles. The van der Waals surface area contributed by atoms with Gasteiger partial charge in [0.1, 0.15) is 5.75 Å². The zero-order valence-electron chi connectivity index (χ0n) is 14.4. The number of benzene rings is 1. The molecule has 1 aromatic rings. The highest BCUT2D eigenvalue weighted by Gasteiger charge is 2.25. The van der Waals surface area contributed by atoms with Crippen LogP contribution < -0.4 is 10.5 Å². The summed E-state index contributed by atoms with van der Waals surface area (Å²) in [4.78, 5) is 14.2. The average Bonchev–Trinajstić information content (AvgIpc) is 2.51. The number of rotatable bonds is 5. The predicted octanol–water partition coefficient (Wildman–Crippen LogP) is 3.08. The lowest BCUT2D eigenvalue weighted by atomic mass is 9.92. The van der Waals surface area contributed by atoms with Crippen molar-refractivity contribution < 1.29 is 9.53 Å². The number of halogens is 1. The molecule has 0 aliphatic carbocycles. The predicted molar refractivity (Wildman–Crippen MR) is 96.2 cm³/mol. The number of carbonyl (C=O) groups is 1. The molecule has 5 heteroatoms. The summed E-state index contributed by atoms with van der Waals surface area (Å²) >= 11 is 0. The maximum absolute atomic E-state index is 12.3. The lowest BCUT2D eigenvalue weighted by Crippen LogP contribution is -2.45. The van der Waals surface area contributed by atoms with Crippen LogP contribution in [0.2, 0.25) is 0 Å². The topological polar surface area (TPSA) is 55.6 Å². The van der Waals surface area contributed by atoms with Crippen LogP contribution in [0.1, 0.15) is 37.3 Å². The van der Waals surface area contributed by atoms with Gasteiger partial charge in [0.2, 0.25) is 5.91 Å². The molecule has 2 unspecified atom stereocenters. The summed E-state index contributed by atoms with van der Waals surface area (Å²) < 4.78 is 5.71. The highest BCUT2D eigenvalue weighted by Crippen LogP contribution is 2.20. The van der Waals surface area contributed by atoms with Crippen molar-refractivity contribution in [3.63, 3.8) is 0 Å². The van der Waals surface area contributed by atoms with Gasteiger partial charge in [-0.2, -0.15) is 0 Å². The average molecular weight is 341 g/mol. The van der Waals surface area contributed by atoms with Crippen LogP contribution in [0.3, 0.4) is 0 Å². The number of piperidine rings is 1. The van der Waals surface area contributed by atoms with Crippen molar-refractivity contribution in [3.8, 4) is 5.75 Å². The summed E-state index contributed by atoms with van der Waals surface area (Å²) in [7, 11) is 0. The molecule has 2 atom stereocenters. The van der Waals surface area contributed by atoms with Gasteiger partial charge in [0.05, 0.1) is 13.0 Å². The first-order valence-corrected chi connectivity index (χ1v) is 8.21. The first kappa shape index (κ1) is 19.8. The van der Waals surface area contributed by atoms with Crippen molar-refractivity contribution in [2.24, 2.45) is 11.7 Å². The highest BCUT2D eigenvalue weighted by molar-refractivity contribution is 5.85. The first-order valence-electron chi connectivity index (χ1n) is 8.21. The largest absolute Gasteiger partial charge is 0.493 e. The number of likely N-dealkylation sites (tertiary alicyclic amines) is 1. The van der Waals surface area contributed by atoms with Crippen molar-refractivity contribution >= 4 is 18.3 Å². The number of nitrogens with two attached hydrogens (primary N) is 1. The maximum atomic E-state index is 12.3. The van der Waals surface area contributed by atoms with Gasteiger partial charge in [0.15, 0.2) is 0 Å². The minimum atomic E-state index is 0. The Morgan fingerprint density at radius 2 is 2.13 bits per heavy atom. The van der Waals surface area contributed by atoms with Crippen LogP contribution in [-0.2, 0) is 4.79 Å². The van der Waals surface area contributed by atoms with E-state index in [1.165, 1.54) is 11.1 Å². The van der Waals surface area contributed by atoms with Gasteiger partial charge in [-0.05, 0) is 62.8 Å². The van der Waals surface area contributed by atoms with Gasteiger partial charge < -0.3 is 15.4 Å². The second-order valence-electron chi connectivity index (χ2n) is 6.45. The molecule has 1 saturated heterocycles. The quantitative estimate of drug-likeness (QED) is 0.896. The van der Waals surface area contributed by atoms with E-state index in [2.05, 4.69) is 13.8 Å². The third-order valence-corrected chi connectivity index (χ3v) is 4.62. The molecule has 130 valence electrons. The fourth-order valence-corrected chi connectivity index (χ4v) is 2.88. The van der Waals surface area contributed by atoms with E-state index in [9.17, 15) is 4.79 Å². The van der Waals surface area contributed by atoms with Gasteiger partial charge >= 0.3 is 0 Å². The molecule has 1 amide bonds. The Hall–Kier alpha value is -1.26. The van der Waals surface area contributed by atoms with Gasteiger partial charge in [-0.3, -0.25) is 4.79 Å². The van der Waals surface area contributed by atoms with E-state index >= 15 is 0 Å². The minimum absolute atomic E-state index is 0. The summed E-state index contributed by atoms with van der Waals surface area (Å²) in [5.41, 5.74) is 8.43. The molecule has 1 aliphatic rings. The van der Waals surface area contributed by atoms with Crippen molar-refractivity contribution in [2.75, 3.05) is 19.7 Å². The van der Waals surface area contributed by atoms with Crippen molar-refractivity contribution in [1.29, 1.82) is 0 Å². The zero-order valence-corrected chi connectivity index (χ0v) is 15.2. The van der Waals surface area contributed by atoms with Gasteiger partial charge in [-0.25, -0.2) is 0 Å².